The highest BCUT2D eigenvalue weighted by Crippen LogP contribution is 2.45. The van der Waals surface area contributed by atoms with Gasteiger partial charge in [-0.3, -0.25) is 9.69 Å². The Morgan fingerprint density at radius 3 is 2.25 bits per heavy atom. The van der Waals surface area contributed by atoms with Crippen molar-refractivity contribution >= 4 is 5.97 Å². The molecule has 1 saturated heterocycles. The van der Waals surface area contributed by atoms with Crippen molar-refractivity contribution in [3.8, 4) is 0 Å². The molecule has 1 aliphatic rings. The van der Waals surface area contributed by atoms with Gasteiger partial charge in [-0.15, -0.1) is 0 Å². The largest absolute Gasteiger partial charge is 0.481 e. The number of hydrogen-bond donors (Lipinski definition) is 1. The molecule has 0 bridgehead atoms. The van der Waals surface area contributed by atoms with E-state index in [4.69, 9.17) is 5.11 Å². The Kier molecular flexibility index (Phi) is 4.90. The second-order valence-electron chi connectivity index (χ2n) is 4.58. The van der Waals surface area contributed by atoms with E-state index in [1.165, 1.54) is 0 Å². The molecule has 1 N–H and O–H groups in total. The van der Waals surface area contributed by atoms with Crippen LogP contribution in [0.3, 0.4) is 0 Å². The van der Waals surface area contributed by atoms with Gasteiger partial charge in [0.2, 0.25) is 0 Å². The molecule has 0 spiro atoms. The number of likely N-dealkylation sites (tertiary alicyclic amines) is 1. The van der Waals surface area contributed by atoms with Crippen molar-refractivity contribution in [2.24, 2.45) is 5.41 Å². The quantitative estimate of drug-likeness (QED) is 0.622. The number of rotatable bonds is 5. The summed E-state index contributed by atoms with van der Waals surface area (Å²) in [5.74, 6) is -1.97. The van der Waals surface area contributed by atoms with Gasteiger partial charge in [0.25, 0.3) is 0 Å². The molecule has 0 amide bonds. The summed E-state index contributed by atoms with van der Waals surface area (Å²) in [6, 6.07) is 0. The molecule has 1 unspecified atom stereocenters. The van der Waals surface area contributed by atoms with Crippen LogP contribution in [0, 0.1) is 5.41 Å². The minimum atomic E-state index is -4.90. The van der Waals surface area contributed by atoms with E-state index in [0.717, 1.165) is 4.90 Å². The SMILES string of the molecule is O=C(O)C1(C(F)(F)F)CCN(CCOCC(F)(F)F)C1. The second kappa shape index (κ2) is 5.76. The Bertz CT molecular complexity index is 356. The second-order valence-corrected chi connectivity index (χ2v) is 4.58. The number of alkyl halides is 6. The summed E-state index contributed by atoms with van der Waals surface area (Å²) < 4.78 is 78.0. The van der Waals surface area contributed by atoms with E-state index < -0.39 is 49.9 Å². The number of ether oxygens (including phenoxy) is 1. The van der Waals surface area contributed by atoms with E-state index >= 15 is 0 Å². The van der Waals surface area contributed by atoms with Gasteiger partial charge in [0.05, 0.1) is 6.61 Å². The summed E-state index contributed by atoms with van der Waals surface area (Å²) >= 11 is 0. The lowest BCUT2D eigenvalue weighted by Crippen LogP contribution is -2.47. The van der Waals surface area contributed by atoms with Crippen LogP contribution in [0.1, 0.15) is 6.42 Å². The molecule has 0 aromatic rings. The number of carboxylic acid groups (broad SMARTS) is 1. The molecule has 1 heterocycles. The maximum atomic E-state index is 12.8. The van der Waals surface area contributed by atoms with E-state index in [1.54, 1.807) is 0 Å². The van der Waals surface area contributed by atoms with Crippen molar-refractivity contribution in [2.45, 2.75) is 18.8 Å². The molecule has 1 fully saturated rings. The monoisotopic (exact) mass is 309 g/mol. The molecule has 1 atom stereocenters. The van der Waals surface area contributed by atoms with Crippen LogP contribution in [-0.4, -0.2) is 61.2 Å². The Morgan fingerprint density at radius 1 is 1.25 bits per heavy atom. The molecule has 0 radical (unpaired) electrons. The first-order chi connectivity index (χ1) is 8.98. The normalized spacial score (nSPS) is 25.1. The van der Waals surface area contributed by atoms with E-state index in [2.05, 4.69) is 4.74 Å². The third-order valence-electron chi connectivity index (χ3n) is 3.12. The van der Waals surface area contributed by atoms with Crippen LogP contribution in [0.25, 0.3) is 0 Å². The molecule has 1 rings (SSSR count). The molecule has 4 nitrogen and oxygen atoms in total. The topological polar surface area (TPSA) is 49.8 Å². The van der Waals surface area contributed by atoms with Crippen LogP contribution in [0.5, 0.6) is 0 Å². The predicted octanol–water partition coefficient (Wildman–Crippen LogP) is 1.90. The van der Waals surface area contributed by atoms with Crippen molar-refractivity contribution in [3.63, 3.8) is 0 Å². The maximum absolute atomic E-state index is 12.8. The van der Waals surface area contributed by atoms with E-state index in [0.29, 0.717) is 0 Å². The van der Waals surface area contributed by atoms with E-state index in [1.807, 2.05) is 0 Å². The predicted molar refractivity (Wildman–Crippen MR) is 54.1 cm³/mol. The summed E-state index contributed by atoms with van der Waals surface area (Å²) in [7, 11) is 0. The molecular weight excluding hydrogens is 296 g/mol. The average Bonchev–Trinajstić information content (AvgIpc) is 2.67. The Hall–Kier alpha value is -1.03. The summed E-state index contributed by atoms with van der Waals surface area (Å²) in [6.07, 6.45) is -10.0. The molecule has 118 valence electrons. The average molecular weight is 309 g/mol. The van der Waals surface area contributed by atoms with E-state index in [9.17, 15) is 31.1 Å². The molecule has 20 heavy (non-hydrogen) atoms. The van der Waals surface area contributed by atoms with Crippen LogP contribution in [-0.2, 0) is 9.53 Å². The lowest BCUT2D eigenvalue weighted by molar-refractivity contribution is -0.227. The first-order valence-corrected chi connectivity index (χ1v) is 5.65. The minimum Gasteiger partial charge on any atom is -0.481 e. The van der Waals surface area contributed by atoms with Crippen molar-refractivity contribution in [3.05, 3.63) is 0 Å². The Balaban J connectivity index is 2.48. The fraction of sp³-hybridized carbons (Fsp3) is 0.900. The maximum Gasteiger partial charge on any atom is 0.411 e. The van der Waals surface area contributed by atoms with Crippen LogP contribution in [0.2, 0.25) is 0 Å². The van der Waals surface area contributed by atoms with Gasteiger partial charge in [-0.2, -0.15) is 26.3 Å². The van der Waals surface area contributed by atoms with Crippen LogP contribution < -0.4 is 0 Å². The number of hydrogen-bond acceptors (Lipinski definition) is 3. The highest BCUT2D eigenvalue weighted by Gasteiger charge is 2.63. The van der Waals surface area contributed by atoms with Gasteiger partial charge < -0.3 is 9.84 Å². The van der Waals surface area contributed by atoms with Crippen LogP contribution in [0.4, 0.5) is 26.3 Å². The first kappa shape index (κ1) is 17.0. The molecule has 10 heteroatoms. The van der Waals surface area contributed by atoms with Crippen molar-refractivity contribution < 1.29 is 41.0 Å². The standard InChI is InChI=1S/C10H13F6NO3/c11-9(12,13)6-20-4-3-17-2-1-8(5-17,7(18)19)10(14,15)16/h1-6H2,(H,18,19). The fourth-order valence-corrected chi connectivity index (χ4v) is 1.99. The van der Waals surface area contributed by atoms with Gasteiger partial charge in [0, 0.05) is 13.1 Å². The fourth-order valence-electron chi connectivity index (χ4n) is 1.99. The smallest absolute Gasteiger partial charge is 0.411 e. The molecule has 0 aromatic heterocycles. The highest BCUT2D eigenvalue weighted by atomic mass is 19.4. The molecule has 1 aliphatic heterocycles. The van der Waals surface area contributed by atoms with Crippen LogP contribution >= 0.6 is 0 Å². The number of halogens is 6. The van der Waals surface area contributed by atoms with Crippen molar-refractivity contribution in [1.29, 1.82) is 0 Å². The molecular formula is C10H13F6NO3. The Labute approximate surface area is 110 Å². The summed E-state index contributed by atoms with van der Waals surface area (Å²) in [5.41, 5.74) is -2.85. The zero-order valence-corrected chi connectivity index (χ0v) is 10.2. The van der Waals surface area contributed by atoms with Crippen LogP contribution in [0.15, 0.2) is 0 Å². The van der Waals surface area contributed by atoms with Crippen molar-refractivity contribution in [2.75, 3.05) is 32.8 Å². The lowest BCUT2D eigenvalue weighted by atomic mass is 9.86. The van der Waals surface area contributed by atoms with E-state index in [-0.39, 0.29) is 13.1 Å². The number of nitrogens with zero attached hydrogens (tertiary/aromatic N) is 1. The molecule has 0 aliphatic carbocycles. The zero-order chi connectivity index (χ0) is 15.6. The Morgan fingerprint density at radius 2 is 1.85 bits per heavy atom. The van der Waals surface area contributed by atoms with Gasteiger partial charge >= 0.3 is 18.3 Å². The molecule has 0 saturated carbocycles. The summed E-state index contributed by atoms with van der Waals surface area (Å²) in [4.78, 5) is 12.0. The highest BCUT2D eigenvalue weighted by molar-refractivity contribution is 5.76. The van der Waals surface area contributed by atoms with Gasteiger partial charge in [-0.1, -0.05) is 0 Å². The van der Waals surface area contributed by atoms with Gasteiger partial charge in [0.1, 0.15) is 6.61 Å². The summed E-state index contributed by atoms with van der Waals surface area (Å²) in [5, 5.41) is 8.77. The zero-order valence-electron chi connectivity index (χ0n) is 10.2. The number of aliphatic carboxylic acids is 1. The number of carboxylic acids is 1. The van der Waals surface area contributed by atoms with Gasteiger partial charge in [-0.25, -0.2) is 0 Å². The lowest BCUT2D eigenvalue weighted by Gasteiger charge is -2.27. The third-order valence-corrected chi connectivity index (χ3v) is 3.12. The van der Waals surface area contributed by atoms with Gasteiger partial charge in [0.15, 0.2) is 5.41 Å². The van der Waals surface area contributed by atoms with Crippen molar-refractivity contribution in [1.82, 2.24) is 4.90 Å². The number of carbonyl (C=O) groups is 1. The first-order valence-electron chi connectivity index (χ1n) is 5.65. The molecule has 0 aromatic carbocycles. The minimum absolute atomic E-state index is 0.152. The third kappa shape index (κ3) is 3.98. The summed E-state index contributed by atoms with van der Waals surface area (Å²) in [6.45, 7) is -3.00. The van der Waals surface area contributed by atoms with Gasteiger partial charge in [-0.05, 0) is 13.0 Å².